The quantitative estimate of drug-likeness (QED) is 0.808. The highest BCUT2D eigenvalue weighted by molar-refractivity contribution is 5.63. The third-order valence-electron chi connectivity index (χ3n) is 3.52. The Morgan fingerprint density at radius 3 is 2.82 bits per heavy atom. The minimum atomic E-state index is 0.00667. The molecule has 0 bridgehead atoms. The van der Waals surface area contributed by atoms with Crippen molar-refractivity contribution in [2.45, 2.75) is 18.8 Å². The summed E-state index contributed by atoms with van der Waals surface area (Å²) in [6.07, 6.45) is 3.23. The van der Waals surface area contributed by atoms with Gasteiger partial charge in [-0.05, 0) is 49.5 Å². The summed E-state index contributed by atoms with van der Waals surface area (Å²) in [4.78, 5) is 11.3. The number of ether oxygens (including phenoxy) is 1. The molecule has 1 aromatic carbocycles. The van der Waals surface area contributed by atoms with Gasteiger partial charge in [0.2, 0.25) is 0 Å². The molecule has 0 spiro atoms. The fourth-order valence-corrected chi connectivity index (χ4v) is 2.51. The Hall–Kier alpha value is -1.35. The maximum Gasteiger partial charge on any atom is 0.127 e. The van der Waals surface area contributed by atoms with Gasteiger partial charge >= 0.3 is 0 Å². The van der Waals surface area contributed by atoms with Crippen LogP contribution in [-0.2, 0) is 4.79 Å². The maximum atomic E-state index is 11.3. The zero-order chi connectivity index (χ0) is 12.1. The molecule has 1 aliphatic heterocycles. The standard InChI is InChI=1S/C14H19NO2/c1-17-13-4-2-3-12(9-13)14(10-16)11-5-7-15-8-6-11/h2-4,9-11,14-15H,5-8H2,1H3. The first-order valence-electron chi connectivity index (χ1n) is 6.15. The molecule has 1 unspecified atom stereocenters. The van der Waals surface area contributed by atoms with Gasteiger partial charge in [-0.25, -0.2) is 0 Å². The Bertz CT molecular complexity index is 372. The third kappa shape index (κ3) is 2.86. The number of hydrogen-bond acceptors (Lipinski definition) is 3. The van der Waals surface area contributed by atoms with E-state index >= 15 is 0 Å². The van der Waals surface area contributed by atoms with Crippen molar-refractivity contribution < 1.29 is 9.53 Å². The topological polar surface area (TPSA) is 38.3 Å². The number of hydrogen-bond donors (Lipinski definition) is 1. The van der Waals surface area contributed by atoms with Gasteiger partial charge in [-0.1, -0.05) is 12.1 Å². The highest BCUT2D eigenvalue weighted by atomic mass is 16.5. The number of nitrogens with one attached hydrogen (secondary N) is 1. The molecule has 0 aliphatic carbocycles. The second-order valence-corrected chi connectivity index (χ2v) is 4.53. The Balaban J connectivity index is 2.18. The van der Waals surface area contributed by atoms with Gasteiger partial charge in [0.05, 0.1) is 7.11 Å². The van der Waals surface area contributed by atoms with Crippen molar-refractivity contribution in [2.75, 3.05) is 20.2 Å². The molecule has 0 amide bonds. The smallest absolute Gasteiger partial charge is 0.127 e. The van der Waals surface area contributed by atoms with Crippen LogP contribution in [0.2, 0.25) is 0 Å². The maximum absolute atomic E-state index is 11.3. The molecule has 3 heteroatoms. The lowest BCUT2D eigenvalue weighted by Crippen LogP contribution is -2.31. The van der Waals surface area contributed by atoms with Crippen LogP contribution in [0.25, 0.3) is 0 Å². The monoisotopic (exact) mass is 233 g/mol. The van der Waals surface area contributed by atoms with E-state index in [0.717, 1.165) is 43.5 Å². The van der Waals surface area contributed by atoms with Gasteiger partial charge < -0.3 is 14.8 Å². The highest BCUT2D eigenvalue weighted by Crippen LogP contribution is 2.30. The van der Waals surface area contributed by atoms with Crippen molar-refractivity contribution in [3.05, 3.63) is 29.8 Å². The van der Waals surface area contributed by atoms with Crippen LogP contribution in [0.3, 0.4) is 0 Å². The lowest BCUT2D eigenvalue weighted by molar-refractivity contribution is -0.110. The summed E-state index contributed by atoms with van der Waals surface area (Å²) in [6.45, 7) is 2.03. The average Bonchev–Trinajstić information content (AvgIpc) is 2.41. The van der Waals surface area contributed by atoms with Gasteiger partial charge in [0.15, 0.2) is 0 Å². The van der Waals surface area contributed by atoms with E-state index in [4.69, 9.17) is 4.74 Å². The van der Waals surface area contributed by atoms with Crippen molar-refractivity contribution in [1.82, 2.24) is 5.32 Å². The number of aldehydes is 1. The van der Waals surface area contributed by atoms with Gasteiger partial charge in [0.25, 0.3) is 0 Å². The van der Waals surface area contributed by atoms with Crippen molar-refractivity contribution in [1.29, 1.82) is 0 Å². The highest BCUT2D eigenvalue weighted by Gasteiger charge is 2.24. The van der Waals surface area contributed by atoms with Crippen molar-refractivity contribution in [3.8, 4) is 5.75 Å². The molecule has 92 valence electrons. The number of benzene rings is 1. The fourth-order valence-electron chi connectivity index (χ4n) is 2.51. The molecule has 1 aliphatic rings. The van der Waals surface area contributed by atoms with Gasteiger partial charge in [-0.2, -0.15) is 0 Å². The predicted octanol–water partition coefficient (Wildman–Crippen LogP) is 1.98. The van der Waals surface area contributed by atoms with Crippen molar-refractivity contribution in [2.24, 2.45) is 5.92 Å². The number of carbonyl (C=O) groups is 1. The van der Waals surface area contributed by atoms with Crippen LogP contribution in [0.5, 0.6) is 5.75 Å². The van der Waals surface area contributed by atoms with E-state index in [2.05, 4.69) is 5.32 Å². The molecule has 17 heavy (non-hydrogen) atoms. The molecule has 2 rings (SSSR count). The third-order valence-corrected chi connectivity index (χ3v) is 3.52. The van der Waals surface area contributed by atoms with E-state index < -0.39 is 0 Å². The summed E-state index contributed by atoms with van der Waals surface area (Å²) in [5.41, 5.74) is 1.08. The Labute approximate surface area is 102 Å². The second-order valence-electron chi connectivity index (χ2n) is 4.53. The number of piperidine rings is 1. The van der Waals surface area contributed by atoms with Crippen molar-refractivity contribution >= 4 is 6.29 Å². The molecule has 1 atom stereocenters. The molecule has 1 saturated heterocycles. The van der Waals surface area contributed by atoms with Crippen LogP contribution < -0.4 is 10.1 Å². The van der Waals surface area contributed by atoms with Gasteiger partial charge in [-0.3, -0.25) is 0 Å². The van der Waals surface area contributed by atoms with E-state index in [-0.39, 0.29) is 5.92 Å². The van der Waals surface area contributed by atoms with Gasteiger partial charge in [0.1, 0.15) is 12.0 Å². The molecule has 1 heterocycles. The summed E-state index contributed by atoms with van der Waals surface area (Å²) in [5.74, 6) is 1.29. The van der Waals surface area contributed by atoms with E-state index in [1.54, 1.807) is 7.11 Å². The van der Waals surface area contributed by atoms with Gasteiger partial charge in [0, 0.05) is 5.92 Å². The first-order chi connectivity index (χ1) is 8.35. The zero-order valence-corrected chi connectivity index (χ0v) is 10.2. The molecular weight excluding hydrogens is 214 g/mol. The first kappa shape index (κ1) is 12.1. The summed E-state index contributed by atoms with van der Waals surface area (Å²) in [7, 11) is 1.65. The normalized spacial score (nSPS) is 18.6. The number of rotatable bonds is 4. The summed E-state index contributed by atoms with van der Waals surface area (Å²) in [5, 5.41) is 3.33. The zero-order valence-electron chi connectivity index (χ0n) is 10.2. The summed E-state index contributed by atoms with van der Waals surface area (Å²) >= 11 is 0. The lowest BCUT2D eigenvalue weighted by Gasteiger charge is -2.27. The minimum absolute atomic E-state index is 0.00667. The van der Waals surface area contributed by atoms with Crippen LogP contribution in [0.4, 0.5) is 0 Å². The molecule has 0 aromatic heterocycles. The van der Waals surface area contributed by atoms with Gasteiger partial charge in [-0.15, -0.1) is 0 Å². The molecule has 1 fully saturated rings. The van der Waals surface area contributed by atoms with Crippen LogP contribution >= 0.6 is 0 Å². The summed E-state index contributed by atoms with van der Waals surface area (Å²) < 4.78 is 5.21. The number of methoxy groups -OCH3 is 1. The number of carbonyl (C=O) groups excluding carboxylic acids is 1. The molecule has 3 nitrogen and oxygen atoms in total. The van der Waals surface area contributed by atoms with E-state index in [1.807, 2.05) is 24.3 Å². The van der Waals surface area contributed by atoms with Crippen LogP contribution in [0.15, 0.2) is 24.3 Å². The lowest BCUT2D eigenvalue weighted by atomic mass is 9.81. The first-order valence-corrected chi connectivity index (χ1v) is 6.15. The summed E-state index contributed by atoms with van der Waals surface area (Å²) in [6, 6.07) is 7.85. The molecule has 0 radical (unpaired) electrons. The van der Waals surface area contributed by atoms with E-state index in [0.29, 0.717) is 5.92 Å². The average molecular weight is 233 g/mol. The molecule has 1 aromatic rings. The largest absolute Gasteiger partial charge is 0.497 e. The Morgan fingerprint density at radius 1 is 1.41 bits per heavy atom. The molecule has 1 N–H and O–H groups in total. The Morgan fingerprint density at radius 2 is 2.18 bits per heavy atom. The van der Waals surface area contributed by atoms with E-state index in [9.17, 15) is 4.79 Å². The molecular formula is C14H19NO2. The van der Waals surface area contributed by atoms with Crippen LogP contribution in [0, 0.1) is 5.92 Å². The Kier molecular flexibility index (Phi) is 4.15. The van der Waals surface area contributed by atoms with Crippen LogP contribution in [-0.4, -0.2) is 26.5 Å². The van der Waals surface area contributed by atoms with Crippen molar-refractivity contribution in [3.63, 3.8) is 0 Å². The minimum Gasteiger partial charge on any atom is -0.497 e. The predicted molar refractivity (Wildman–Crippen MR) is 67.4 cm³/mol. The fraction of sp³-hybridized carbons (Fsp3) is 0.500. The second kappa shape index (κ2) is 5.82. The van der Waals surface area contributed by atoms with E-state index in [1.165, 1.54) is 0 Å². The SMILES string of the molecule is COc1cccc(C(C=O)C2CCNCC2)c1. The molecule has 0 saturated carbocycles. The van der Waals surface area contributed by atoms with Crippen LogP contribution in [0.1, 0.15) is 24.3 Å².